The fourth-order valence-corrected chi connectivity index (χ4v) is 1.26. The van der Waals surface area contributed by atoms with Crippen LogP contribution in [0.25, 0.3) is 0 Å². The summed E-state index contributed by atoms with van der Waals surface area (Å²) in [5.74, 6) is -0.465. The van der Waals surface area contributed by atoms with Crippen molar-refractivity contribution < 1.29 is 14.3 Å². The number of urea groups is 1. The van der Waals surface area contributed by atoms with Gasteiger partial charge >= 0.3 is 12.0 Å². The van der Waals surface area contributed by atoms with Crippen LogP contribution >= 0.6 is 11.6 Å². The minimum absolute atomic E-state index is 0.171. The molecule has 0 atom stereocenters. The summed E-state index contributed by atoms with van der Waals surface area (Å²) < 4.78 is 4.58. The largest absolute Gasteiger partial charge is 0.465 e. The monoisotopic (exact) mass is 268 g/mol. The van der Waals surface area contributed by atoms with Crippen LogP contribution in [0, 0.1) is 0 Å². The maximum atomic E-state index is 11.4. The van der Waals surface area contributed by atoms with Gasteiger partial charge in [0, 0.05) is 10.7 Å². The number of rotatable bonds is 4. The average molecular weight is 269 g/mol. The molecule has 5 nitrogen and oxygen atoms in total. The number of nitrogens with one attached hydrogen (secondary N) is 2. The van der Waals surface area contributed by atoms with E-state index >= 15 is 0 Å². The van der Waals surface area contributed by atoms with E-state index in [0.717, 1.165) is 0 Å². The lowest BCUT2D eigenvalue weighted by Crippen LogP contribution is -2.29. The van der Waals surface area contributed by atoms with Gasteiger partial charge in [-0.3, -0.25) is 0 Å². The zero-order valence-electron chi connectivity index (χ0n) is 9.83. The summed E-state index contributed by atoms with van der Waals surface area (Å²) in [5, 5.41) is 5.38. The highest BCUT2D eigenvalue weighted by atomic mass is 35.5. The first-order valence-electron chi connectivity index (χ1n) is 5.09. The molecule has 2 N–H and O–H groups in total. The van der Waals surface area contributed by atoms with E-state index in [0.29, 0.717) is 16.3 Å². The standard InChI is InChI=1S/C12H13ClN2O3/c1-8(13)7-14-12(17)15-10-5-3-4-9(6-10)11(16)18-2/h3-6H,1,7H2,2H3,(H2,14,15,17). The van der Waals surface area contributed by atoms with Gasteiger partial charge in [-0.2, -0.15) is 0 Å². The first-order chi connectivity index (χ1) is 8.52. The van der Waals surface area contributed by atoms with Gasteiger partial charge in [0.2, 0.25) is 0 Å². The molecule has 0 unspecified atom stereocenters. The number of benzene rings is 1. The smallest absolute Gasteiger partial charge is 0.337 e. The van der Waals surface area contributed by atoms with E-state index in [4.69, 9.17) is 11.6 Å². The highest BCUT2D eigenvalue weighted by Crippen LogP contribution is 2.11. The second kappa shape index (κ2) is 6.66. The van der Waals surface area contributed by atoms with Crippen LogP contribution in [-0.4, -0.2) is 25.7 Å². The number of methoxy groups -OCH3 is 1. The Morgan fingerprint density at radius 1 is 1.44 bits per heavy atom. The number of carbonyl (C=O) groups excluding carboxylic acids is 2. The predicted octanol–water partition coefficient (Wildman–Crippen LogP) is 2.35. The number of hydrogen-bond acceptors (Lipinski definition) is 3. The molecule has 0 saturated heterocycles. The number of amides is 2. The van der Waals surface area contributed by atoms with E-state index < -0.39 is 12.0 Å². The second-order valence-electron chi connectivity index (χ2n) is 3.40. The van der Waals surface area contributed by atoms with Gasteiger partial charge in [0.15, 0.2) is 0 Å². The molecule has 6 heteroatoms. The summed E-state index contributed by atoms with van der Waals surface area (Å²) in [6, 6.07) is 5.97. The molecular formula is C12H13ClN2O3. The van der Waals surface area contributed by atoms with Crippen LogP contribution in [0.15, 0.2) is 35.9 Å². The third-order valence-electron chi connectivity index (χ3n) is 1.98. The van der Waals surface area contributed by atoms with Crippen molar-refractivity contribution in [2.75, 3.05) is 19.0 Å². The van der Waals surface area contributed by atoms with E-state index in [-0.39, 0.29) is 6.54 Å². The Labute approximate surface area is 110 Å². The van der Waals surface area contributed by atoms with E-state index in [1.165, 1.54) is 13.2 Å². The van der Waals surface area contributed by atoms with Crippen LogP contribution in [0.3, 0.4) is 0 Å². The van der Waals surface area contributed by atoms with Crippen molar-refractivity contribution >= 4 is 29.3 Å². The lowest BCUT2D eigenvalue weighted by atomic mass is 10.2. The van der Waals surface area contributed by atoms with Crippen molar-refractivity contribution in [2.45, 2.75) is 0 Å². The zero-order chi connectivity index (χ0) is 13.5. The molecule has 1 aromatic rings. The Bertz CT molecular complexity index is 474. The molecule has 0 fully saturated rings. The summed E-state index contributed by atoms with van der Waals surface area (Å²) in [5.41, 5.74) is 0.840. The SMILES string of the molecule is C=C(Cl)CNC(=O)Nc1cccc(C(=O)OC)c1. The summed E-state index contributed by atoms with van der Waals surface area (Å²) in [4.78, 5) is 22.7. The van der Waals surface area contributed by atoms with Gasteiger partial charge in [0.1, 0.15) is 0 Å². The second-order valence-corrected chi connectivity index (χ2v) is 3.93. The van der Waals surface area contributed by atoms with Gasteiger partial charge in [-0.1, -0.05) is 24.2 Å². The van der Waals surface area contributed by atoms with Crippen molar-refractivity contribution in [3.63, 3.8) is 0 Å². The quantitative estimate of drug-likeness (QED) is 0.824. The van der Waals surface area contributed by atoms with Crippen molar-refractivity contribution in [3.8, 4) is 0 Å². The van der Waals surface area contributed by atoms with Crippen molar-refractivity contribution in [1.29, 1.82) is 0 Å². The molecule has 0 heterocycles. The summed E-state index contributed by atoms with van der Waals surface area (Å²) in [6.45, 7) is 3.61. The van der Waals surface area contributed by atoms with Crippen molar-refractivity contribution in [2.24, 2.45) is 0 Å². The molecule has 0 radical (unpaired) electrons. The highest BCUT2D eigenvalue weighted by Gasteiger charge is 2.07. The van der Waals surface area contributed by atoms with Crippen molar-refractivity contribution in [1.82, 2.24) is 5.32 Å². The summed E-state index contributed by atoms with van der Waals surface area (Å²) in [7, 11) is 1.29. The molecular weight excluding hydrogens is 256 g/mol. The highest BCUT2D eigenvalue weighted by molar-refractivity contribution is 6.29. The first-order valence-corrected chi connectivity index (χ1v) is 5.47. The Morgan fingerprint density at radius 3 is 2.78 bits per heavy atom. The molecule has 0 saturated carbocycles. The molecule has 1 aromatic carbocycles. The number of carbonyl (C=O) groups is 2. The third-order valence-corrected chi connectivity index (χ3v) is 2.12. The van der Waals surface area contributed by atoms with Gasteiger partial charge in [-0.25, -0.2) is 9.59 Å². The first kappa shape index (κ1) is 14.1. The predicted molar refractivity (Wildman–Crippen MR) is 69.8 cm³/mol. The maximum absolute atomic E-state index is 11.4. The Hall–Kier alpha value is -2.01. The van der Waals surface area contributed by atoms with Crippen LogP contribution in [0.2, 0.25) is 0 Å². The van der Waals surface area contributed by atoms with Crippen LogP contribution in [-0.2, 0) is 4.74 Å². The number of anilines is 1. The molecule has 0 aromatic heterocycles. The lowest BCUT2D eigenvalue weighted by molar-refractivity contribution is 0.0600. The number of esters is 1. The Kier molecular flexibility index (Phi) is 5.20. The number of ether oxygens (including phenoxy) is 1. The Morgan fingerprint density at radius 2 is 2.17 bits per heavy atom. The zero-order valence-corrected chi connectivity index (χ0v) is 10.6. The van der Waals surface area contributed by atoms with Crippen LogP contribution in [0.4, 0.5) is 10.5 Å². The van der Waals surface area contributed by atoms with E-state index in [2.05, 4.69) is 21.9 Å². The Balaban J connectivity index is 2.64. The van der Waals surface area contributed by atoms with E-state index in [1.807, 2.05) is 0 Å². The lowest BCUT2D eigenvalue weighted by Gasteiger charge is -2.07. The molecule has 0 aliphatic heterocycles. The van der Waals surface area contributed by atoms with Gasteiger partial charge < -0.3 is 15.4 Å². The molecule has 0 spiro atoms. The number of halogens is 1. The topological polar surface area (TPSA) is 67.4 Å². The normalized spacial score (nSPS) is 9.44. The van der Waals surface area contributed by atoms with Crippen LogP contribution < -0.4 is 10.6 Å². The molecule has 96 valence electrons. The minimum atomic E-state index is -0.465. The molecule has 18 heavy (non-hydrogen) atoms. The van der Waals surface area contributed by atoms with E-state index in [9.17, 15) is 9.59 Å². The van der Waals surface area contributed by atoms with Gasteiger partial charge in [-0.15, -0.1) is 0 Å². The molecule has 0 aliphatic carbocycles. The molecule has 0 bridgehead atoms. The van der Waals surface area contributed by atoms with E-state index in [1.54, 1.807) is 18.2 Å². The van der Waals surface area contributed by atoms with Gasteiger partial charge in [0.05, 0.1) is 19.2 Å². The molecule has 2 amide bonds. The maximum Gasteiger partial charge on any atom is 0.337 e. The summed E-state index contributed by atoms with van der Waals surface area (Å²) >= 11 is 5.51. The molecule has 0 aliphatic rings. The fourth-order valence-electron chi connectivity index (χ4n) is 1.19. The number of hydrogen-bond donors (Lipinski definition) is 2. The third kappa shape index (κ3) is 4.47. The van der Waals surface area contributed by atoms with Gasteiger partial charge in [0.25, 0.3) is 0 Å². The molecule has 1 rings (SSSR count). The fraction of sp³-hybridized carbons (Fsp3) is 0.167. The van der Waals surface area contributed by atoms with Crippen molar-refractivity contribution in [3.05, 3.63) is 41.4 Å². The minimum Gasteiger partial charge on any atom is -0.465 e. The summed E-state index contributed by atoms with van der Waals surface area (Å²) in [6.07, 6.45) is 0. The average Bonchev–Trinajstić information content (AvgIpc) is 2.35. The van der Waals surface area contributed by atoms with Crippen LogP contribution in [0.1, 0.15) is 10.4 Å². The van der Waals surface area contributed by atoms with Gasteiger partial charge in [-0.05, 0) is 18.2 Å². The van der Waals surface area contributed by atoms with Crippen LogP contribution in [0.5, 0.6) is 0 Å².